The van der Waals surface area contributed by atoms with Crippen LogP contribution in [0.15, 0.2) is 0 Å². The number of cyclic esters (lactones) is 1. The van der Waals surface area contributed by atoms with Crippen LogP contribution in [-0.4, -0.2) is 47.7 Å². The lowest BCUT2D eigenvalue weighted by Crippen LogP contribution is -2.54. The summed E-state index contributed by atoms with van der Waals surface area (Å²) in [5, 5.41) is 0. The number of fused-ring (bicyclic) bond motifs is 2. The van der Waals surface area contributed by atoms with Crippen molar-refractivity contribution in [1.29, 1.82) is 0 Å². The van der Waals surface area contributed by atoms with E-state index in [1.54, 1.807) is 0 Å². The Morgan fingerprint density at radius 2 is 1.85 bits per heavy atom. The van der Waals surface area contributed by atoms with Gasteiger partial charge in [-0.15, -0.1) is 0 Å². The van der Waals surface area contributed by atoms with Gasteiger partial charge in [0, 0.05) is 23.9 Å². The summed E-state index contributed by atoms with van der Waals surface area (Å²) < 4.78 is 11.8. The van der Waals surface area contributed by atoms with Crippen LogP contribution in [0.5, 0.6) is 0 Å². The molecule has 4 heterocycles. The fourth-order valence-corrected chi connectivity index (χ4v) is 7.48. The quantitative estimate of drug-likeness (QED) is 0.695. The first-order valence-electron chi connectivity index (χ1n) is 11.2. The van der Waals surface area contributed by atoms with Crippen molar-refractivity contribution < 1.29 is 19.1 Å². The van der Waals surface area contributed by atoms with Crippen molar-refractivity contribution in [3.05, 3.63) is 0 Å². The van der Waals surface area contributed by atoms with Crippen LogP contribution < -0.4 is 0 Å². The second kappa shape index (κ2) is 6.47. The molecule has 4 aliphatic heterocycles. The van der Waals surface area contributed by atoms with E-state index >= 15 is 0 Å². The molecule has 0 bridgehead atoms. The molecule has 0 aromatic carbocycles. The topological polar surface area (TPSA) is 55.8 Å². The first kappa shape index (κ1) is 18.0. The van der Waals surface area contributed by atoms with E-state index in [2.05, 4.69) is 18.7 Å². The molecular weight excluding hydrogens is 342 g/mol. The van der Waals surface area contributed by atoms with Crippen molar-refractivity contribution in [3.63, 3.8) is 0 Å². The van der Waals surface area contributed by atoms with Crippen LogP contribution in [0.4, 0.5) is 0 Å². The minimum atomic E-state index is -0.0294. The van der Waals surface area contributed by atoms with E-state index in [0.717, 1.165) is 25.8 Å². The number of nitrogens with zero attached hydrogens (tertiary/aromatic N) is 1. The Balaban J connectivity index is 1.51. The van der Waals surface area contributed by atoms with Crippen molar-refractivity contribution in [3.8, 4) is 0 Å². The van der Waals surface area contributed by atoms with Crippen LogP contribution >= 0.6 is 0 Å². The lowest BCUT2D eigenvalue weighted by Gasteiger charge is -2.48. The van der Waals surface area contributed by atoms with E-state index in [4.69, 9.17) is 9.47 Å². The summed E-state index contributed by atoms with van der Waals surface area (Å²) in [4.78, 5) is 27.3. The van der Waals surface area contributed by atoms with Crippen molar-refractivity contribution in [2.45, 2.75) is 83.6 Å². The molecule has 5 heteroatoms. The molecule has 5 nitrogen and oxygen atoms in total. The van der Waals surface area contributed by atoms with Gasteiger partial charge < -0.3 is 9.47 Å². The largest absolute Gasteiger partial charge is 0.462 e. The number of esters is 2. The predicted octanol–water partition coefficient (Wildman–Crippen LogP) is 3.01. The second-order valence-electron chi connectivity index (χ2n) is 9.81. The lowest BCUT2D eigenvalue weighted by atomic mass is 9.60. The molecule has 0 spiro atoms. The molecule has 1 saturated carbocycles. The van der Waals surface area contributed by atoms with Crippen LogP contribution in [0.25, 0.3) is 0 Å². The highest BCUT2D eigenvalue weighted by Crippen LogP contribution is 2.57. The summed E-state index contributed by atoms with van der Waals surface area (Å²) in [6, 6.07) is 0.865. The van der Waals surface area contributed by atoms with Gasteiger partial charge in [-0.25, -0.2) is 0 Å². The van der Waals surface area contributed by atoms with Gasteiger partial charge in [0.05, 0.1) is 11.8 Å². The maximum Gasteiger partial charge on any atom is 0.309 e. The van der Waals surface area contributed by atoms with Gasteiger partial charge in [0.2, 0.25) is 0 Å². The third kappa shape index (κ3) is 2.53. The molecule has 4 saturated heterocycles. The molecule has 5 aliphatic rings. The second-order valence-corrected chi connectivity index (χ2v) is 9.81. The summed E-state index contributed by atoms with van der Waals surface area (Å²) >= 11 is 0. The molecule has 0 amide bonds. The van der Waals surface area contributed by atoms with E-state index in [1.807, 2.05) is 6.92 Å². The van der Waals surface area contributed by atoms with Crippen molar-refractivity contribution >= 4 is 11.9 Å². The number of hydrogen-bond donors (Lipinski definition) is 0. The monoisotopic (exact) mass is 375 g/mol. The highest BCUT2D eigenvalue weighted by molar-refractivity contribution is 5.75. The molecule has 150 valence electrons. The predicted molar refractivity (Wildman–Crippen MR) is 99.7 cm³/mol. The molecule has 0 radical (unpaired) electrons. The first-order chi connectivity index (χ1) is 13.0. The normalized spacial score (nSPS) is 52.1. The van der Waals surface area contributed by atoms with E-state index in [9.17, 15) is 9.59 Å². The minimum absolute atomic E-state index is 0.00362. The molecule has 1 aliphatic carbocycles. The van der Waals surface area contributed by atoms with Gasteiger partial charge in [-0.3, -0.25) is 14.5 Å². The highest BCUT2D eigenvalue weighted by atomic mass is 16.6. The van der Waals surface area contributed by atoms with Crippen molar-refractivity contribution in [2.75, 3.05) is 6.54 Å². The molecule has 0 aromatic rings. The zero-order chi connectivity index (χ0) is 18.9. The summed E-state index contributed by atoms with van der Waals surface area (Å²) in [6.07, 6.45) is 6.87. The van der Waals surface area contributed by atoms with E-state index in [0.29, 0.717) is 35.8 Å². The van der Waals surface area contributed by atoms with Crippen LogP contribution in [0.3, 0.4) is 0 Å². The Morgan fingerprint density at radius 3 is 2.56 bits per heavy atom. The Kier molecular flexibility index (Phi) is 4.30. The van der Waals surface area contributed by atoms with Gasteiger partial charge >= 0.3 is 11.9 Å². The maximum absolute atomic E-state index is 12.5. The number of rotatable bonds is 2. The van der Waals surface area contributed by atoms with Gasteiger partial charge in [0.25, 0.3) is 0 Å². The van der Waals surface area contributed by atoms with Crippen molar-refractivity contribution in [1.82, 2.24) is 4.90 Å². The summed E-state index contributed by atoms with van der Waals surface area (Å²) in [5.41, 5.74) is 0. The van der Waals surface area contributed by atoms with Crippen LogP contribution in [-0.2, 0) is 19.1 Å². The summed E-state index contributed by atoms with van der Waals surface area (Å²) in [7, 11) is 0. The molecular formula is C22H33NO4. The maximum atomic E-state index is 12.5. The van der Waals surface area contributed by atoms with Gasteiger partial charge in [0.1, 0.15) is 12.2 Å². The molecule has 0 N–H and O–H groups in total. The standard InChI is InChI=1S/C22H33NO4/c1-4-13-14-7-5-6-8-23-16(17-9-11(2)21(24)26-17)10-15(19(14)23)18-12(3)22(25)27-20(13)18/h11-20H,4-10H2,1-3H3/t11-,12-,13+,14-,15-,16-,17-,18-,19-,20+/m0/s1. The lowest BCUT2D eigenvalue weighted by molar-refractivity contribution is -0.148. The Labute approximate surface area is 162 Å². The third-order valence-electron chi connectivity index (χ3n) is 8.61. The number of carbonyl (C=O) groups is 2. The number of hydrogen-bond acceptors (Lipinski definition) is 5. The SMILES string of the molecule is CC[C@@H]1[C@@H]2CCCCN3[C@@H]2[C@@H](C[C@H]3[C@@H]2C[C@H](C)C(=O)O2)[C@H]2[C@@H]1OC(=O)[C@H]2C. The minimum Gasteiger partial charge on any atom is -0.462 e. The average Bonchev–Trinajstić information content (AvgIpc) is 3.20. The summed E-state index contributed by atoms with van der Waals surface area (Å²) in [5.74, 6) is 1.94. The Hall–Kier alpha value is -1.10. The van der Waals surface area contributed by atoms with Crippen LogP contribution in [0.1, 0.15) is 59.3 Å². The molecule has 0 unspecified atom stereocenters. The molecule has 5 fully saturated rings. The Morgan fingerprint density at radius 1 is 1.04 bits per heavy atom. The number of ether oxygens (including phenoxy) is 2. The fraction of sp³-hybridized carbons (Fsp3) is 0.909. The zero-order valence-electron chi connectivity index (χ0n) is 16.8. The fourth-order valence-electron chi connectivity index (χ4n) is 7.48. The first-order valence-corrected chi connectivity index (χ1v) is 11.2. The van der Waals surface area contributed by atoms with Gasteiger partial charge in [0.15, 0.2) is 0 Å². The molecule has 27 heavy (non-hydrogen) atoms. The Bertz CT molecular complexity index is 636. The molecule has 0 aromatic heterocycles. The smallest absolute Gasteiger partial charge is 0.309 e. The van der Waals surface area contributed by atoms with Crippen molar-refractivity contribution in [2.24, 2.45) is 35.5 Å². The number of carbonyl (C=O) groups excluding carboxylic acids is 2. The highest BCUT2D eigenvalue weighted by Gasteiger charge is 2.63. The summed E-state index contributed by atoms with van der Waals surface area (Å²) in [6.45, 7) is 7.44. The van der Waals surface area contributed by atoms with Gasteiger partial charge in [-0.1, -0.05) is 27.2 Å². The molecule has 10 atom stereocenters. The van der Waals surface area contributed by atoms with E-state index in [-0.39, 0.29) is 36.0 Å². The van der Waals surface area contributed by atoms with Crippen LogP contribution in [0, 0.1) is 35.5 Å². The van der Waals surface area contributed by atoms with Gasteiger partial charge in [-0.05, 0) is 50.5 Å². The zero-order valence-corrected chi connectivity index (χ0v) is 16.8. The van der Waals surface area contributed by atoms with E-state index < -0.39 is 0 Å². The van der Waals surface area contributed by atoms with E-state index in [1.165, 1.54) is 19.3 Å². The van der Waals surface area contributed by atoms with Gasteiger partial charge in [-0.2, -0.15) is 0 Å². The average molecular weight is 376 g/mol. The third-order valence-corrected chi connectivity index (χ3v) is 8.61. The molecule has 5 rings (SSSR count). The van der Waals surface area contributed by atoms with Crippen LogP contribution in [0.2, 0.25) is 0 Å².